The predicted octanol–water partition coefficient (Wildman–Crippen LogP) is 4.65. The third-order valence-corrected chi connectivity index (χ3v) is 5.96. The number of aryl methyl sites for hydroxylation is 1. The van der Waals surface area contributed by atoms with Gasteiger partial charge in [-0.3, -0.25) is 9.59 Å². The van der Waals surface area contributed by atoms with E-state index in [1.165, 1.54) is 11.3 Å². The van der Waals surface area contributed by atoms with Crippen molar-refractivity contribution in [2.45, 2.75) is 19.8 Å². The molecule has 1 N–H and O–H groups in total. The number of hydrogen-bond donors (Lipinski definition) is 1. The highest BCUT2D eigenvalue weighted by atomic mass is 32.1. The molecule has 1 aliphatic heterocycles. The standard InChI is InChI=1S/C24H22N2O4S/c1-16-7-9-17(10-8-16)20-11-13-31-23(20)24(29)30-15-21(27)25-18-4-2-5-19(14-18)26-12-3-6-22(26)28/h2,4-5,7-11,13-14H,3,6,12,15H2,1H3,(H,25,27). The van der Waals surface area contributed by atoms with Gasteiger partial charge < -0.3 is 15.0 Å². The number of rotatable bonds is 6. The molecule has 6 nitrogen and oxygen atoms in total. The molecule has 2 aromatic carbocycles. The van der Waals surface area contributed by atoms with Crippen LogP contribution in [0.3, 0.4) is 0 Å². The largest absolute Gasteiger partial charge is 0.451 e. The van der Waals surface area contributed by atoms with E-state index in [4.69, 9.17) is 4.74 Å². The number of benzene rings is 2. The van der Waals surface area contributed by atoms with E-state index in [0.29, 0.717) is 23.5 Å². The average Bonchev–Trinajstić information content (AvgIpc) is 3.42. The van der Waals surface area contributed by atoms with Crippen molar-refractivity contribution in [3.63, 3.8) is 0 Å². The van der Waals surface area contributed by atoms with Crippen molar-refractivity contribution in [1.82, 2.24) is 0 Å². The number of amides is 2. The molecule has 1 aromatic heterocycles. The first-order chi connectivity index (χ1) is 15.0. The quantitative estimate of drug-likeness (QED) is 0.573. The topological polar surface area (TPSA) is 75.7 Å². The molecule has 7 heteroatoms. The van der Waals surface area contributed by atoms with Crippen LogP contribution in [0, 0.1) is 6.92 Å². The minimum atomic E-state index is -0.530. The van der Waals surface area contributed by atoms with Crippen molar-refractivity contribution in [3.8, 4) is 11.1 Å². The molecule has 0 bridgehead atoms. The van der Waals surface area contributed by atoms with Crippen LogP contribution >= 0.6 is 11.3 Å². The van der Waals surface area contributed by atoms with E-state index in [9.17, 15) is 14.4 Å². The summed E-state index contributed by atoms with van der Waals surface area (Å²) in [7, 11) is 0. The van der Waals surface area contributed by atoms with Crippen LogP contribution in [-0.2, 0) is 14.3 Å². The first-order valence-corrected chi connectivity index (χ1v) is 10.9. The lowest BCUT2D eigenvalue weighted by Crippen LogP contribution is -2.24. The van der Waals surface area contributed by atoms with Crippen molar-refractivity contribution in [3.05, 3.63) is 70.4 Å². The highest BCUT2D eigenvalue weighted by Crippen LogP contribution is 2.29. The predicted molar refractivity (Wildman–Crippen MR) is 121 cm³/mol. The van der Waals surface area contributed by atoms with Gasteiger partial charge in [0, 0.05) is 29.9 Å². The SMILES string of the molecule is Cc1ccc(-c2ccsc2C(=O)OCC(=O)Nc2cccc(N3CCCC3=O)c2)cc1. The molecule has 158 valence electrons. The van der Waals surface area contributed by atoms with Gasteiger partial charge in [0.1, 0.15) is 4.88 Å². The monoisotopic (exact) mass is 434 g/mol. The van der Waals surface area contributed by atoms with Gasteiger partial charge in [0.25, 0.3) is 5.91 Å². The van der Waals surface area contributed by atoms with E-state index < -0.39 is 18.5 Å². The van der Waals surface area contributed by atoms with Crippen LogP contribution < -0.4 is 10.2 Å². The fraction of sp³-hybridized carbons (Fsp3) is 0.208. The lowest BCUT2D eigenvalue weighted by atomic mass is 10.1. The third-order valence-electron chi connectivity index (χ3n) is 5.06. The van der Waals surface area contributed by atoms with Gasteiger partial charge in [0.05, 0.1) is 0 Å². The summed E-state index contributed by atoms with van der Waals surface area (Å²) in [5.41, 5.74) is 4.15. The molecule has 0 spiro atoms. The lowest BCUT2D eigenvalue weighted by Gasteiger charge is -2.16. The second-order valence-electron chi connectivity index (χ2n) is 7.35. The smallest absolute Gasteiger partial charge is 0.349 e. The molecule has 3 aromatic rings. The number of nitrogens with zero attached hydrogens (tertiary/aromatic N) is 1. The number of hydrogen-bond acceptors (Lipinski definition) is 5. The molecule has 0 saturated carbocycles. The van der Waals surface area contributed by atoms with Crippen molar-refractivity contribution in [2.24, 2.45) is 0 Å². The summed E-state index contributed by atoms with van der Waals surface area (Å²) in [6.07, 6.45) is 1.37. The zero-order valence-corrected chi connectivity index (χ0v) is 17.9. The second kappa shape index (κ2) is 9.14. The molecule has 31 heavy (non-hydrogen) atoms. The van der Waals surface area contributed by atoms with E-state index in [2.05, 4.69) is 5.32 Å². The highest BCUT2D eigenvalue weighted by molar-refractivity contribution is 7.12. The minimum absolute atomic E-state index is 0.0812. The summed E-state index contributed by atoms with van der Waals surface area (Å²) >= 11 is 1.28. The molecular formula is C24H22N2O4S. The Labute approximate surface area is 184 Å². The fourth-order valence-electron chi connectivity index (χ4n) is 3.49. The summed E-state index contributed by atoms with van der Waals surface area (Å²) in [5, 5.41) is 4.55. The second-order valence-corrected chi connectivity index (χ2v) is 8.27. The Morgan fingerprint density at radius 1 is 1.13 bits per heavy atom. The van der Waals surface area contributed by atoms with Crippen LogP contribution in [0.5, 0.6) is 0 Å². The number of nitrogens with one attached hydrogen (secondary N) is 1. The highest BCUT2D eigenvalue weighted by Gasteiger charge is 2.22. The van der Waals surface area contributed by atoms with Crippen LogP contribution in [0.1, 0.15) is 28.1 Å². The Morgan fingerprint density at radius 3 is 2.68 bits per heavy atom. The Balaban J connectivity index is 1.37. The van der Waals surface area contributed by atoms with Crippen LogP contribution in [0.4, 0.5) is 11.4 Å². The number of ether oxygens (including phenoxy) is 1. The van der Waals surface area contributed by atoms with Crippen LogP contribution in [0.25, 0.3) is 11.1 Å². The van der Waals surface area contributed by atoms with Crippen LogP contribution in [0.15, 0.2) is 60.0 Å². The van der Waals surface area contributed by atoms with Gasteiger partial charge in [-0.05, 0) is 48.6 Å². The molecule has 1 saturated heterocycles. The molecule has 0 aliphatic carbocycles. The normalized spacial score (nSPS) is 13.3. The number of thiophene rings is 1. The zero-order valence-electron chi connectivity index (χ0n) is 17.1. The lowest BCUT2D eigenvalue weighted by molar-refractivity contribution is -0.119. The van der Waals surface area contributed by atoms with Crippen molar-refractivity contribution >= 4 is 40.5 Å². The number of carbonyl (C=O) groups excluding carboxylic acids is 3. The van der Waals surface area contributed by atoms with Gasteiger partial charge in [0.15, 0.2) is 6.61 Å². The molecule has 4 rings (SSSR count). The Bertz CT molecular complexity index is 1120. The molecule has 1 aliphatic rings. The summed E-state index contributed by atoms with van der Waals surface area (Å²) in [5.74, 6) is -0.887. The van der Waals surface area contributed by atoms with Crippen molar-refractivity contribution < 1.29 is 19.1 Å². The molecule has 0 atom stereocenters. The summed E-state index contributed by atoms with van der Waals surface area (Å²) < 4.78 is 5.25. The van der Waals surface area contributed by atoms with E-state index in [-0.39, 0.29) is 5.91 Å². The number of anilines is 2. The Morgan fingerprint density at radius 2 is 1.94 bits per heavy atom. The first-order valence-electron chi connectivity index (χ1n) is 10.0. The van der Waals surface area contributed by atoms with E-state index >= 15 is 0 Å². The molecule has 2 amide bonds. The molecule has 0 radical (unpaired) electrons. The molecule has 1 fully saturated rings. The van der Waals surface area contributed by atoms with Crippen molar-refractivity contribution in [2.75, 3.05) is 23.4 Å². The van der Waals surface area contributed by atoms with E-state index in [1.54, 1.807) is 23.1 Å². The van der Waals surface area contributed by atoms with E-state index in [0.717, 1.165) is 28.8 Å². The molecule has 0 unspecified atom stereocenters. The summed E-state index contributed by atoms with van der Waals surface area (Å²) in [4.78, 5) is 39.0. The maximum Gasteiger partial charge on any atom is 0.349 e. The van der Waals surface area contributed by atoms with Crippen LogP contribution in [-0.4, -0.2) is 30.9 Å². The average molecular weight is 435 g/mol. The van der Waals surface area contributed by atoms with Gasteiger partial charge in [-0.25, -0.2) is 4.79 Å². The minimum Gasteiger partial charge on any atom is -0.451 e. The first kappa shape index (κ1) is 20.8. The molecular weight excluding hydrogens is 412 g/mol. The van der Waals surface area contributed by atoms with E-state index in [1.807, 2.05) is 48.7 Å². The van der Waals surface area contributed by atoms with Gasteiger partial charge >= 0.3 is 5.97 Å². The Hall–Kier alpha value is -3.45. The summed E-state index contributed by atoms with van der Waals surface area (Å²) in [6, 6.07) is 16.9. The fourth-order valence-corrected chi connectivity index (χ4v) is 4.30. The number of esters is 1. The third kappa shape index (κ3) is 4.83. The zero-order chi connectivity index (χ0) is 21.8. The van der Waals surface area contributed by atoms with Gasteiger partial charge in [-0.15, -0.1) is 11.3 Å². The van der Waals surface area contributed by atoms with Crippen molar-refractivity contribution in [1.29, 1.82) is 0 Å². The number of carbonyl (C=O) groups is 3. The van der Waals surface area contributed by atoms with Gasteiger partial charge in [0.2, 0.25) is 5.91 Å². The maximum atomic E-state index is 12.6. The van der Waals surface area contributed by atoms with Gasteiger partial charge in [-0.2, -0.15) is 0 Å². The summed E-state index contributed by atoms with van der Waals surface area (Å²) in [6.45, 7) is 2.29. The van der Waals surface area contributed by atoms with Gasteiger partial charge in [-0.1, -0.05) is 35.9 Å². The van der Waals surface area contributed by atoms with Crippen LogP contribution in [0.2, 0.25) is 0 Å². The maximum absolute atomic E-state index is 12.6. The molecule has 2 heterocycles. The Kier molecular flexibility index (Phi) is 6.13.